The number of alkyl halides is 1. The highest BCUT2D eigenvalue weighted by atomic mass is 35.5. The summed E-state index contributed by atoms with van der Waals surface area (Å²) in [7, 11) is 0. The first-order valence-electron chi connectivity index (χ1n) is 5.75. The van der Waals surface area contributed by atoms with Crippen LogP contribution in [0.4, 0.5) is 10.1 Å². The summed E-state index contributed by atoms with van der Waals surface area (Å²) in [6, 6.07) is 2.81. The van der Waals surface area contributed by atoms with Crippen molar-refractivity contribution >= 4 is 23.2 Å². The smallest absolute Gasteiger partial charge is 0.282 e. The van der Waals surface area contributed by atoms with Crippen molar-refractivity contribution < 1.29 is 14.1 Å². The lowest BCUT2D eigenvalue weighted by molar-refractivity contribution is -0.385. The van der Waals surface area contributed by atoms with E-state index in [1.165, 1.54) is 0 Å². The maximum atomic E-state index is 13.1. The van der Waals surface area contributed by atoms with Gasteiger partial charge in [0.15, 0.2) is 0 Å². The highest BCUT2D eigenvalue weighted by Crippen LogP contribution is 2.45. The fourth-order valence-electron chi connectivity index (χ4n) is 1.75. The number of amides is 1. The van der Waals surface area contributed by atoms with Crippen molar-refractivity contribution in [1.82, 2.24) is 5.32 Å². The van der Waals surface area contributed by atoms with Gasteiger partial charge in [-0.2, -0.15) is 0 Å². The van der Waals surface area contributed by atoms with E-state index >= 15 is 0 Å². The summed E-state index contributed by atoms with van der Waals surface area (Å²) in [6.45, 7) is 0.350. The molecule has 1 fully saturated rings. The number of hydrogen-bond donors (Lipinski definition) is 1. The SMILES string of the molecule is O=C(NCC1(CCl)CC1)c1cc(F)ccc1[N+](=O)[O-]. The lowest BCUT2D eigenvalue weighted by atomic mass is 10.1. The predicted molar refractivity (Wildman–Crippen MR) is 67.8 cm³/mol. The molecule has 0 saturated heterocycles. The number of nitro benzene ring substituents is 1. The molecule has 1 saturated carbocycles. The maximum Gasteiger partial charge on any atom is 0.282 e. The van der Waals surface area contributed by atoms with Gasteiger partial charge in [-0.15, -0.1) is 11.6 Å². The van der Waals surface area contributed by atoms with Gasteiger partial charge in [-0.3, -0.25) is 14.9 Å². The van der Waals surface area contributed by atoms with Crippen molar-refractivity contribution in [1.29, 1.82) is 0 Å². The molecule has 0 bridgehead atoms. The minimum atomic E-state index is -0.706. The third-order valence-corrected chi connectivity index (χ3v) is 3.83. The zero-order chi connectivity index (χ0) is 14.0. The highest BCUT2D eigenvalue weighted by molar-refractivity contribution is 6.18. The van der Waals surface area contributed by atoms with E-state index in [0.29, 0.717) is 12.4 Å². The van der Waals surface area contributed by atoms with Crippen molar-refractivity contribution in [3.8, 4) is 0 Å². The maximum absolute atomic E-state index is 13.1. The molecule has 7 heteroatoms. The van der Waals surface area contributed by atoms with Crippen LogP contribution in [0.1, 0.15) is 23.2 Å². The summed E-state index contributed by atoms with van der Waals surface area (Å²) in [4.78, 5) is 22.0. The Kier molecular flexibility index (Phi) is 3.71. The number of rotatable bonds is 5. The van der Waals surface area contributed by atoms with Crippen LogP contribution in [0.5, 0.6) is 0 Å². The number of carbonyl (C=O) groups excluding carboxylic acids is 1. The fourth-order valence-corrected chi connectivity index (χ4v) is 2.11. The van der Waals surface area contributed by atoms with Crippen LogP contribution in [0.2, 0.25) is 0 Å². The minimum absolute atomic E-state index is 0.0979. The average molecular weight is 287 g/mol. The van der Waals surface area contributed by atoms with Gasteiger partial charge >= 0.3 is 0 Å². The van der Waals surface area contributed by atoms with Crippen LogP contribution in [0.15, 0.2) is 18.2 Å². The normalized spacial score (nSPS) is 15.9. The molecular formula is C12H12ClFN2O3. The number of nitro groups is 1. The first-order chi connectivity index (χ1) is 8.97. The Morgan fingerprint density at radius 2 is 2.21 bits per heavy atom. The summed E-state index contributed by atoms with van der Waals surface area (Å²) < 4.78 is 13.1. The monoisotopic (exact) mass is 286 g/mol. The van der Waals surface area contributed by atoms with Gasteiger partial charge in [-0.25, -0.2) is 4.39 Å². The van der Waals surface area contributed by atoms with E-state index in [1.54, 1.807) is 0 Å². The quantitative estimate of drug-likeness (QED) is 0.513. The average Bonchev–Trinajstić information content (AvgIpc) is 3.16. The first kappa shape index (κ1) is 13.7. The van der Waals surface area contributed by atoms with Crippen LogP contribution in [0.25, 0.3) is 0 Å². The molecule has 1 aromatic rings. The number of carbonyl (C=O) groups is 1. The molecule has 2 rings (SSSR count). The first-order valence-corrected chi connectivity index (χ1v) is 6.29. The number of nitrogens with zero attached hydrogens (tertiary/aromatic N) is 1. The van der Waals surface area contributed by atoms with Gasteiger partial charge in [-0.05, 0) is 25.0 Å². The highest BCUT2D eigenvalue weighted by Gasteiger charge is 2.42. The van der Waals surface area contributed by atoms with Crippen molar-refractivity contribution in [2.75, 3.05) is 12.4 Å². The molecule has 0 aliphatic heterocycles. The number of benzene rings is 1. The number of hydrogen-bond acceptors (Lipinski definition) is 3. The van der Waals surface area contributed by atoms with E-state index < -0.39 is 22.3 Å². The van der Waals surface area contributed by atoms with Gasteiger partial charge < -0.3 is 5.32 Å². The third kappa shape index (κ3) is 3.01. The molecule has 19 heavy (non-hydrogen) atoms. The lowest BCUT2D eigenvalue weighted by Gasteiger charge is -2.12. The van der Waals surface area contributed by atoms with Gasteiger partial charge in [0, 0.05) is 23.9 Å². The second-order valence-corrected chi connectivity index (χ2v) is 5.00. The van der Waals surface area contributed by atoms with Gasteiger partial charge in [-0.1, -0.05) is 0 Å². The third-order valence-electron chi connectivity index (χ3n) is 3.26. The largest absolute Gasteiger partial charge is 0.351 e. The number of nitrogens with one attached hydrogen (secondary N) is 1. The molecule has 1 amide bonds. The summed E-state index contributed by atoms with van der Waals surface area (Å²) >= 11 is 5.77. The van der Waals surface area contributed by atoms with Gasteiger partial charge in [0.1, 0.15) is 11.4 Å². The van der Waals surface area contributed by atoms with E-state index in [1.807, 2.05) is 0 Å². The standard InChI is InChI=1S/C12H12ClFN2O3/c13-6-12(3-4-12)7-15-11(17)9-5-8(14)1-2-10(9)16(18)19/h1-2,5H,3-4,6-7H2,(H,15,17). The molecule has 0 aromatic heterocycles. The van der Waals surface area contributed by atoms with Crippen LogP contribution in [-0.4, -0.2) is 23.3 Å². The Balaban J connectivity index is 2.14. The van der Waals surface area contributed by atoms with Crippen LogP contribution in [-0.2, 0) is 0 Å². The Morgan fingerprint density at radius 3 is 2.74 bits per heavy atom. The van der Waals surface area contributed by atoms with E-state index in [-0.39, 0.29) is 11.0 Å². The molecule has 102 valence electrons. The molecule has 0 spiro atoms. The summed E-state index contributed by atoms with van der Waals surface area (Å²) in [5, 5.41) is 13.4. The van der Waals surface area contributed by atoms with Crippen LogP contribution in [0, 0.1) is 21.3 Å². The molecule has 1 N–H and O–H groups in total. The van der Waals surface area contributed by atoms with E-state index in [2.05, 4.69) is 5.32 Å². The Hall–Kier alpha value is -1.69. The van der Waals surface area contributed by atoms with Crippen molar-refractivity contribution in [3.05, 3.63) is 39.7 Å². The molecule has 0 radical (unpaired) electrons. The second kappa shape index (κ2) is 5.13. The molecule has 5 nitrogen and oxygen atoms in total. The Morgan fingerprint density at radius 1 is 1.53 bits per heavy atom. The van der Waals surface area contributed by atoms with E-state index in [4.69, 9.17) is 11.6 Å². The Bertz CT molecular complexity index is 532. The van der Waals surface area contributed by atoms with Gasteiger partial charge in [0.2, 0.25) is 0 Å². The zero-order valence-corrected chi connectivity index (χ0v) is 10.7. The molecule has 0 unspecified atom stereocenters. The molecule has 0 heterocycles. The molecular weight excluding hydrogens is 275 g/mol. The molecule has 1 aliphatic rings. The number of halogens is 2. The topological polar surface area (TPSA) is 72.2 Å². The Labute approximate surface area is 113 Å². The molecule has 1 aliphatic carbocycles. The summed E-state index contributed by atoms with van der Waals surface area (Å²) in [5.74, 6) is -0.907. The lowest BCUT2D eigenvalue weighted by Crippen LogP contribution is -2.31. The molecule has 1 aromatic carbocycles. The van der Waals surface area contributed by atoms with Crippen molar-refractivity contribution in [2.24, 2.45) is 5.41 Å². The van der Waals surface area contributed by atoms with Crippen molar-refractivity contribution in [3.63, 3.8) is 0 Å². The van der Waals surface area contributed by atoms with Crippen LogP contribution >= 0.6 is 11.6 Å². The second-order valence-electron chi connectivity index (χ2n) is 4.73. The van der Waals surface area contributed by atoms with Crippen LogP contribution in [0.3, 0.4) is 0 Å². The molecule has 0 atom stereocenters. The van der Waals surface area contributed by atoms with Crippen molar-refractivity contribution in [2.45, 2.75) is 12.8 Å². The summed E-state index contributed by atoms with van der Waals surface area (Å²) in [5.41, 5.74) is -0.774. The van der Waals surface area contributed by atoms with E-state index in [0.717, 1.165) is 31.0 Å². The fraction of sp³-hybridized carbons (Fsp3) is 0.417. The van der Waals surface area contributed by atoms with Gasteiger partial charge in [0.05, 0.1) is 4.92 Å². The van der Waals surface area contributed by atoms with E-state index in [9.17, 15) is 19.3 Å². The predicted octanol–water partition coefficient (Wildman–Crippen LogP) is 2.48. The minimum Gasteiger partial charge on any atom is -0.351 e. The van der Waals surface area contributed by atoms with Crippen LogP contribution < -0.4 is 5.32 Å². The summed E-state index contributed by atoms with van der Waals surface area (Å²) in [6.07, 6.45) is 1.84. The van der Waals surface area contributed by atoms with Gasteiger partial charge in [0.25, 0.3) is 11.6 Å². The zero-order valence-electron chi connectivity index (χ0n) is 9.99.